The van der Waals surface area contributed by atoms with Gasteiger partial charge in [0.25, 0.3) is 11.8 Å². The molecule has 1 fully saturated rings. The first-order valence-electron chi connectivity index (χ1n) is 10.5. The Kier molecular flexibility index (Phi) is 6.31. The summed E-state index contributed by atoms with van der Waals surface area (Å²) >= 11 is 0. The van der Waals surface area contributed by atoms with Crippen molar-refractivity contribution in [2.45, 2.75) is 38.8 Å². The monoisotopic (exact) mass is 415 g/mol. The van der Waals surface area contributed by atoms with E-state index >= 15 is 0 Å². The minimum Gasteiger partial charge on any atom is -0.348 e. The summed E-state index contributed by atoms with van der Waals surface area (Å²) in [5.74, 6) is 0.303. The number of pyridine rings is 1. The third kappa shape index (κ3) is 4.77. The Morgan fingerprint density at radius 2 is 1.94 bits per heavy atom. The molecule has 31 heavy (non-hydrogen) atoms. The van der Waals surface area contributed by atoms with Gasteiger partial charge in [0.1, 0.15) is 0 Å². The lowest BCUT2D eigenvalue weighted by molar-refractivity contribution is 0.0598. The summed E-state index contributed by atoms with van der Waals surface area (Å²) in [5, 5.41) is 2.91. The molecule has 0 radical (unpaired) electrons. The van der Waals surface area contributed by atoms with E-state index in [9.17, 15) is 9.59 Å². The zero-order valence-corrected chi connectivity index (χ0v) is 17.5. The van der Waals surface area contributed by atoms with Crippen molar-refractivity contribution in [3.63, 3.8) is 0 Å². The van der Waals surface area contributed by atoms with Crippen LogP contribution >= 0.6 is 0 Å². The molecule has 158 valence electrons. The standard InChI is InChI=1S/C24H25N5O2/c1-17-20(23(30)27-14-18-8-3-2-4-9-18)16-26-22(28-17)21-11-5-6-13-29(21)24(31)19-10-7-12-25-15-19/h2-4,7-10,12,15-16,21H,5-6,11,13-14H2,1H3,(H,27,30)/t21-/m1/s1. The molecule has 1 aromatic carbocycles. The fourth-order valence-corrected chi connectivity index (χ4v) is 3.84. The van der Waals surface area contributed by atoms with E-state index in [1.807, 2.05) is 35.2 Å². The van der Waals surface area contributed by atoms with E-state index in [1.165, 1.54) is 0 Å². The van der Waals surface area contributed by atoms with E-state index in [4.69, 9.17) is 0 Å². The number of likely N-dealkylation sites (tertiary alicyclic amines) is 1. The number of carbonyl (C=O) groups excluding carboxylic acids is 2. The average molecular weight is 415 g/mol. The molecule has 2 aromatic heterocycles. The zero-order valence-electron chi connectivity index (χ0n) is 17.5. The number of aryl methyl sites for hydroxylation is 1. The van der Waals surface area contributed by atoms with Crippen molar-refractivity contribution in [3.05, 3.63) is 89.3 Å². The molecule has 7 heteroatoms. The van der Waals surface area contributed by atoms with Crippen LogP contribution in [0.3, 0.4) is 0 Å². The zero-order chi connectivity index (χ0) is 21.6. The predicted molar refractivity (Wildman–Crippen MR) is 116 cm³/mol. The van der Waals surface area contributed by atoms with Gasteiger partial charge in [0.2, 0.25) is 0 Å². The van der Waals surface area contributed by atoms with Gasteiger partial charge in [0.05, 0.1) is 22.9 Å². The molecule has 0 aliphatic carbocycles. The summed E-state index contributed by atoms with van der Waals surface area (Å²) in [5.41, 5.74) is 2.64. The number of aromatic nitrogens is 3. The summed E-state index contributed by atoms with van der Waals surface area (Å²) in [6, 6.07) is 13.1. The normalized spacial score (nSPS) is 16.0. The summed E-state index contributed by atoms with van der Waals surface area (Å²) < 4.78 is 0. The van der Waals surface area contributed by atoms with Crippen LogP contribution in [-0.2, 0) is 6.54 Å². The highest BCUT2D eigenvalue weighted by Crippen LogP contribution is 2.30. The number of piperidine rings is 1. The summed E-state index contributed by atoms with van der Waals surface area (Å²) in [6.45, 7) is 2.90. The van der Waals surface area contributed by atoms with E-state index in [2.05, 4.69) is 20.3 Å². The van der Waals surface area contributed by atoms with Crippen LogP contribution in [0.2, 0.25) is 0 Å². The first-order valence-corrected chi connectivity index (χ1v) is 10.5. The maximum Gasteiger partial charge on any atom is 0.256 e. The van der Waals surface area contributed by atoms with Crippen molar-refractivity contribution >= 4 is 11.8 Å². The Morgan fingerprint density at radius 1 is 1.10 bits per heavy atom. The fraction of sp³-hybridized carbons (Fsp3) is 0.292. The van der Waals surface area contributed by atoms with Crippen LogP contribution in [0.4, 0.5) is 0 Å². The fourth-order valence-electron chi connectivity index (χ4n) is 3.84. The number of amides is 2. The molecule has 1 aliphatic heterocycles. The van der Waals surface area contributed by atoms with Crippen LogP contribution in [0.25, 0.3) is 0 Å². The lowest BCUT2D eigenvalue weighted by Gasteiger charge is -2.34. The maximum atomic E-state index is 13.0. The van der Waals surface area contributed by atoms with Gasteiger partial charge in [-0.25, -0.2) is 9.97 Å². The van der Waals surface area contributed by atoms with Crippen LogP contribution in [-0.4, -0.2) is 38.2 Å². The van der Waals surface area contributed by atoms with Crippen molar-refractivity contribution in [1.82, 2.24) is 25.2 Å². The molecule has 1 N–H and O–H groups in total. The first-order chi connectivity index (χ1) is 15.1. The number of rotatable bonds is 5. The summed E-state index contributed by atoms with van der Waals surface area (Å²) in [7, 11) is 0. The smallest absolute Gasteiger partial charge is 0.256 e. The molecule has 1 atom stereocenters. The van der Waals surface area contributed by atoms with Crippen LogP contribution < -0.4 is 5.32 Å². The lowest BCUT2D eigenvalue weighted by Crippen LogP contribution is -2.39. The highest BCUT2D eigenvalue weighted by Gasteiger charge is 2.31. The lowest BCUT2D eigenvalue weighted by atomic mass is 10.00. The number of benzene rings is 1. The largest absolute Gasteiger partial charge is 0.348 e. The molecule has 1 aliphatic rings. The molecule has 1 saturated heterocycles. The van der Waals surface area contributed by atoms with E-state index in [1.54, 1.807) is 37.6 Å². The SMILES string of the molecule is Cc1nc([C@H]2CCCCN2C(=O)c2cccnc2)ncc1C(=O)NCc1ccccc1. The topological polar surface area (TPSA) is 88.1 Å². The molecule has 4 rings (SSSR count). The van der Waals surface area contributed by atoms with Gasteiger partial charge in [0.15, 0.2) is 5.82 Å². The minimum atomic E-state index is -0.208. The van der Waals surface area contributed by atoms with Crippen molar-refractivity contribution in [2.75, 3.05) is 6.54 Å². The van der Waals surface area contributed by atoms with E-state index in [-0.39, 0.29) is 17.9 Å². The van der Waals surface area contributed by atoms with Gasteiger partial charge in [-0.05, 0) is 43.9 Å². The minimum absolute atomic E-state index is 0.0660. The Labute approximate surface area is 181 Å². The molecule has 0 spiro atoms. The van der Waals surface area contributed by atoms with Gasteiger partial charge in [0, 0.05) is 31.7 Å². The molecule has 7 nitrogen and oxygen atoms in total. The van der Waals surface area contributed by atoms with Crippen LogP contribution in [0.15, 0.2) is 61.1 Å². The highest BCUT2D eigenvalue weighted by atomic mass is 16.2. The molecule has 3 aromatic rings. The van der Waals surface area contributed by atoms with Gasteiger partial charge in [-0.2, -0.15) is 0 Å². The third-order valence-electron chi connectivity index (χ3n) is 5.51. The van der Waals surface area contributed by atoms with Gasteiger partial charge >= 0.3 is 0 Å². The quantitative estimate of drug-likeness (QED) is 0.689. The molecular weight excluding hydrogens is 390 g/mol. The number of carbonyl (C=O) groups is 2. The maximum absolute atomic E-state index is 13.0. The van der Waals surface area contributed by atoms with Crippen molar-refractivity contribution < 1.29 is 9.59 Å². The van der Waals surface area contributed by atoms with Gasteiger partial charge in [-0.3, -0.25) is 14.6 Å². The average Bonchev–Trinajstić information content (AvgIpc) is 2.83. The Morgan fingerprint density at radius 3 is 2.68 bits per heavy atom. The van der Waals surface area contributed by atoms with E-state index in [0.29, 0.717) is 35.7 Å². The van der Waals surface area contributed by atoms with E-state index < -0.39 is 0 Å². The van der Waals surface area contributed by atoms with Gasteiger partial charge in [-0.15, -0.1) is 0 Å². The highest BCUT2D eigenvalue weighted by molar-refractivity contribution is 5.95. The summed E-state index contributed by atoms with van der Waals surface area (Å²) in [6.07, 6.45) is 7.55. The molecule has 2 amide bonds. The molecule has 0 bridgehead atoms. The number of hydrogen-bond acceptors (Lipinski definition) is 5. The molecular formula is C24H25N5O2. The second-order valence-electron chi connectivity index (χ2n) is 7.65. The number of nitrogens with one attached hydrogen (secondary N) is 1. The molecule has 3 heterocycles. The second-order valence-corrected chi connectivity index (χ2v) is 7.65. The second kappa shape index (κ2) is 9.47. The Hall–Kier alpha value is -3.61. The van der Waals surface area contributed by atoms with Crippen molar-refractivity contribution in [1.29, 1.82) is 0 Å². The molecule has 0 saturated carbocycles. The number of hydrogen-bond donors (Lipinski definition) is 1. The van der Waals surface area contributed by atoms with Crippen LogP contribution in [0.1, 0.15) is 63.1 Å². The van der Waals surface area contributed by atoms with Crippen molar-refractivity contribution in [2.24, 2.45) is 0 Å². The van der Waals surface area contributed by atoms with E-state index in [0.717, 1.165) is 24.8 Å². The Bertz CT molecular complexity index is 1060. The first kappa shape index (κ1) is 20.7. The Balaban J connectivity index is 1.50. The molecule has 0 unspecified atom stereocenters. The van der Waals surface area contributed by atoms with Gasteiger partial charge < -0.3 is 10.2 Å². The third-order valence-corrected chi connectivity index (χ3v) is 5.51. The predicted octanol–water partition coefficient (Wildman–Crippen LogP) is 3.48. The summed E-state index contributed by atoms with van der Waals surface area (Å²) in [4.78, 5) is 40.6. The van der Waals surface area contributed by atoms with Crippen LogP contribution in [0, 0.1) is 6.92 Å². The van der Waals surface area contributed by atoms with Gasteiger partial charge in [-0.1, -0.05) is 30.3 Å². The van der Waals surface area contributed by atoms with Crippen molar-refractivity contribution in [3.8, 4) is 0 Å². The van der Waals surface area contributed by atoms with Crippen LogP contribution in [0.5, 0.6) is 0 Å². The number of nitrogens with zero attached hydrogens (tertiary/aromatic N) is 4.